The van der Waals surface area contributed by atoms with Crippen LogP contribution in [0.2, 0.25) is 5.02 Å². The number of ether oxygens (including phenoxy) is 1. The third-order valence-electron chi connectivity index (χ3n) is 2.31. The zero-order valence-electron chi connectivity index (χ0n) is 9.24. The van der Waals surface area contributed by atoms with Crippen molar-refractivity contribution in [3.8, 4) is 0 Å². The Morgan fingerprint density at radius 2 is 2.24 bits per heavy atom. The Morgan fingerprint density at radius 1 is 1.47 bits per heavy atom. The van der Waals surface area contributed by atoms with E-state index >= 15 is 0 Å². The third-order valence-corrected chi connectivity index (χ3v) is 2.64. The van der Waals surface area contributed by atoms with Crippen LogP contribution in [0.1, 0.15) is 17.3 Å². The standard InChI is InChI=1S/C12H11ClN2O2/c1-2-17-12(16)8-3-7-4-9(13)10(14)5-11(7)15-6-8/h3-6H,2,14H2,1H3. The highest BCUT2D eigenvalue weighted by Gasteiger charge is 2.09. The summed E-state index contributed by atoms with van der Waals surface area (Å²) in [5, 5.41) is 1.20. The van der Waals surface area contributed by atoms with Gasteiger partial charge < -0.3 is 10.5 Å². The monoisotopic (exact) mass is 250 g/mol. The normalized spacial score (nSPS) is 10.5. The summed E-state index contributed by atoms with van der Waals surface area (Å²) in [7, 11) is 0. The maximum absolute atomic E-state index is 11.5. The first-order valence-electron chi connectivity index (χ1n) is 5.13. The molecule has 0 amide bonds. The Bertz CT molecular complexity index is 584. The number of nitrogen functional groups attached to an aromatic ring is 1. The van der Waals surface area contributed by atoms with Crippen LogP contribution in [0.5, 0.6) is 0 Å². The van der Waals surface area contributed by atoms with Crippen LogP contribution in [-0.2, 0) is 4.74 Å². The predicted molar refractivity (Wildman–Crippen MR) is 67.1 cm³/mol. The second kappa shape index (κ2) is 4.59. The quantitative estimate of drug-likeness (QED) is 0.657. The molecule has 1 aromatic carbocycles. The molecule has 5 heteroatoms. The fourth-order valence-corrected chi connectivity index (χ4v) is 1.66. The van der Waals surface area contributed by atoms with E-state index in [1.807, 2.05) is 0 Å². The summed E-state index contributed by atoms with van der Waals surface area (Å²) in [5.41, 5.74) is 7.23. The molecule has 2 N–H and O–H groups in total. The Balaban J connectivity index is 2.50. The molecule has 0 unspecified atom stereocenters. The molecule has 0 radical (unpaired) electrons. The number of halogens is 1. The van der Waals surface area contributed by atoms with Gasteiger partial charge in [-0.05, 0) is 25.1 Å². The summed E-state index contributed by atoms with van der Waals surface area (Å²) in [4.78, 5) is 15.7. The van der Waals surface area contributed by atoms with E-state index in [9.17, 15) is 4.79 Å². The van der Waals surface area contributed by atoms with E-state index in [2.05, 4.69) is 4.98 Å². The molecule has 0 bridgehead atoms. The number of anilines is 1. The molecule has 0 saturated carbocycles. The van der Waals surface area contributed by atoms with Gasteiger partial charge in [-0.2, -0.15) is 0 Å². The summed E-state index contributed by atoms with van der Waals surface area (Å²) in [6.07, 6.45) is 1.47. The predicted octanol–water partition coefficient (Wildman–Crippen LogP) is 2.65. The number of rotatable bonds is 2. The molecule has 0 aliphatic carbocycles. The number of benzene rings is 1. The molecule has 17 heavy (non-hydrogen) atoms. The van der Waals surface area contributed by atoms with E-state index in [0.717, 1.165) is 5.39 Å². The lowest BCUT2D eigenvalue weighted by atomic mass is 10.1. The number of nitrogens with zero attached hydrogens (tertiary/aromatic N) is 1. The Hall–Kier alpha value is -1.81. The van der Waals surface area contributed by atoms with Gasteiger partial charge in [-0.15, -0.1) is 0 Å². The summed E-state index contributed by atoms with van der Waals surface area (Å²) in [6, 6.07) is 5.04. The molecule has 0 aliphatic rings. The lowest BCUT2D eigenvalue weighted by Gasteiger charge is -2.04. The van der Waals surface area contributed by atoms with E-state index in [1.54, 1.807) is 25.1 Å². The number of hydrogen-bond acceptors (Lipinski definition) is 4. The molecule has 2 rings (SSSR count). The van der Waals surface area contributed by atoms with Gasteiger partial charge in [-0.25, -0.2) is 4.79 Å². The Morgan fingerprint density at radius 3 is 2.94 bits per heavy atom. The van der Waals surface area contributed by atoms with Crippen LogP contribution >= 0.6 is 11.6 Å². The van der Waals surface area contributed by atoms with Crippen molar-refractivity contribution < 1.29 is 9.53 Å². The van der Waals surface area contributed by atoms with E-state index in [0.29, 0.717) is 28.4 Å². The molecule has 2 aromatic rings. The fourth-order valence-electron chi connectivity index (χ4n) is 1.49. The van der Waals surface area contributed by atoms with Crippen LogP contribution in [0.25, 0.3) is 10.9 Å². The fraction of sp³-hybridized carbons (Fsp3) is 0.167. The van der Waals surface area contributed by atoms with Crippen molar-refractivity contribution in [1.82, 2.24) is 4.98 Å². The minimum absolute atomic E-state index is 0.333. The van der Waals surface area contributed by atoms with Gasteiger partial charge in [-0.1, -0.05) is 11.6 Å². The highest BCUT2D eigenvalue weighted by molar-refractivity contribution is 6.33. The second-order valence-electron chi connectivity index (χ2n) is 3.51. The first-order chi connectivity index (χ1) is 8.11. The Labute approximate surface area is 103 Å². The molecule has 0 aliphatic heterocycles. The molecule has 0 spiro atoms. The molecule has 4 nitrogen and oxygen atoms in total. The lowest BCUT2D eigenvalue weighted by molar-refractivity contribution is 0.0526. The van der Waals surface area contributed by atoms with E-state index in [1.165, 1.54) is 6.20 Å². The SMILES string of the molecule is CCOC(=O)c1cnc2cc(N)c(Cl)cc2c1. The van der Waals surface area contributed by atoms with Crippen LogP contribution in [0.4, 0.5) is 5.69 Å². The molecule has 0 atom stereocenters. The van der Waals surface area contributed by atoms with Gasteiger partial charge >= 0.3 is 5.97 Å². The van der Waals surface area contributed by atoms with Crippen LogP contribution < -0.4 is 5.73 Å². The summed E-state index contributed by atoms with van der Waals surface area (Å²) in [5.74, 6) is -0.394. The zero-order valence-corrected chi connectivity index (χ0v) is 9.99. The summed E-state index contributed by atoms with van der Waals surface area (Å²) in [6.45, 7) is 2.09. The third kappa shape index (κ3) is 2.31. The van der Waals surface area contributed by atoms with Crippen LogP contribution in [0.3, 0.4) is 0 Å². The molecular weight excluding hydrogens is 240 g/mol. The summed E-state index contributed by atoms with van der Waals surface area (Å²) >= 11 is 5.91. The van der Waals surface area contributed by atoms with Crippen molar-refractivity contribution in [1.29, 1.82) is 0 Å². The lowest BCUT2D eigenvalue weighted by Crippen LogP contribution is -2.05. The maximum atomic E-state index is 11.5. The van der Waals surface area contributed by atoms with Crippen molar-refractivity contribution in [3.63, 3.8) is 0 Å². The largest absolute Gasteiger partial charge is 0.462 e. The van der Waals surface area contributed by atoms with Crippen molar-refractivity contribution >= 4 is 34.2 Å². The molecule has 0 saturated heterocycles. The van der Waals surface area contributed by atoms with Gasteiger partial charge in [-0.3, -0.25) is 4.98 Å². The number of carbonyl (C=O) groups excluding carboxylic acids is 1. The van der Waals surface area contributed by atoms with E-state index < -0.39 is 5.97 Å². The number of hydrogen-bond donors (Lipinski definition) is 1. The number of nitrogens with two attached hydrogens (primary N) is 1. The first-order valence-corrected chi connectivity index (χ1v) is 5.51. The van der Waals surface area contributed by atoms with Crippen LogP contribution in [0.15, 0.2) is 24.4 Å². The van der Waals surface area contributed by atoms with Gasteiger partial charge in [0.1, 0.15) is 0 Å². The summed E-state index contributed by atoms with van der Waals surface area (Å²) < 4.78 is 4.89. The number of esters is 1. The smallest absolute Gasteiger partial charge is 0.339 e. The minimum atomic E-state index is -0.394. The van der Waals surface area contributed by atoms with Crippen molar-refractivity contribution in [2.45, 2.75) is 6.92 Å². The van der Waals surface area contributed by atoms with E-state index in [-0.39, 0.29) is 0 Å². The highest BCUT2D eigenvalue weighted by atomic mass is 35.5. The number of carbonyl (C=O) groups is 1. The molecule has 88 valence electrons. The average molecular weight is 251 g/mol. The number of pyridine rings is 1. The van der Waals surface area contributed by atoms with Crippen molar-refractivity contribution in [3.05, 3.63) is 35.0 Å². The van der Waals surface area contributed by atoms with Gasteiger partial charge in [0.2, 0.25) is 0 Å². The van der Waals surface area contributed by atoms with Crippen molar-refractivity contribution in [2.24, 2.45) is 0 Å². The average Bonchev–Trinajstić information content (AvgIpc) is 2.30. The van der Waals surface area contributed by atoms with Crippen LogP contribution in [0, 0.1) is 0 Å². The topological polar surface area (TPSA) is 65.2 Å². The zero-order chi connectivity index (χ0) is 12.4. The molecular formula is C12H11ClN2O2. The second-order valence-corrected chi connectivity index (χ2v) is 3.92. The number of fused-ring (bicyclic) bond motifs is 1. The van der Waals surface area contributed by atoms with E-state index in [4.69, 9.17) is 22.1 Å². The number of aromatic nitrogens is 1. The molecule has 1 heterocycles. The van der Waals surface area contributed by atoms with Gasteiger partial charge in [0.15, 0.2) is 0 Å². The maximum Gasteiger partial charge on any atom is 0.339 e. The highest BCUT2D eigenvalue weighted by Crippen LogP contribution is 2.25. The first kappa shape index (κ1) is 11.7. The van der Waals surface area contributed by atoms with Crippen LogP contribution in [-0.4, -0.2) is 17.6 Å². The minimum Gasteiger partial charge on any atom is -0.462 e. The molecule has 1 aromatic heterocycles. The van der Waals surface area contributed by atoms with Crippen molar-refractivity contribution in [2.75, 3.05) is 12.3 Å². The molecule has 0 fully saturated rings. The van der Waals surface area contributed by atoms with Gasteiger partial charge in [0.25, 0.3) is 0 Å². The van der Waals surface area contributed by atoms with Gasteiger partial charge in [0, 0.05) is 11.6 Å². The van der Waals surface area contributed by atoms with Gasteiger partial charge in [0.05, 0.1) is 28.4 Å². The Kier molecular flexibility index (Phi) is 3.15.